The van der Waals surface area contributed by atoms with Crippen molar-refractivity contribution in [3.8, 4) is 5.75 Å². The number of fused-ring (bicyclic) bond motifs is 1. The summed E-state index contributed by atoms with van der Waals surface area (Å²) in [5.74, 6) is 0.902. The summed E-state index contributed by atoms with van der Waals surface area (Å²) in [6.45, 7) is 11.1. The third-order valence-corrected chi connectivity index (χ3v) is 4.27. The third kappa shape index (κ3) is 2.75. The molecular weight excluding hydrogens is 258 g/mol. The van der Waals surface area contributed by atoms with Crippen LogP contribution < -0.4 is 4.74 Å². The van der Waals surface area contributed by atoms with E-state index < -0.39 is 0 Å². The van der Waals surface area contributed by atoms with Gasteiger partial charge in [0.15, 0.2) is 0 Å². The van der Waals surface area contributed by atoms with Gasteiger partial charge in [-0.05, 0) is 37.9 Å². The molecule has 1 aromatic rings. The second kappa shape index (κ2) is 5.72. The maximum absolute atomic E-state index is 6.28. The van der Waals surface area contributed by atoms with Crippen LogP contribution in [0.5, 0.6) is 5.75 Å². The van der Waals surface area contributed by atoms with Crippen LogP contribution in [0.25, 0.3) is 0 Å². The first kappa shape index (κ1) is 14.7. The van der Waals surface area contributed by atoms with Crippen LogP contribution in [-0.2, 0) is 6.54 Å². The lowest BCUT2D eigenvalue weighted by Crippen LogP contribution is -2.39. The first-order valence-electron chi connectivity index (χ1n) is 7.31. The molecule has 1 aromatic carbocycles. The van der Waals surface area contributed by atoms with Crippen LogP contribution in [0.3, 0.4) is 0 Å². The Hall–Kier alpha value is -0.730. The molecule has 1 spiro atoms. The van der Waals surface area contributed by atoms with E-state index in [0.717, 1.165) is 30.5 Å². The molecule has 0 saturated heterocycles. The Bertz CT molecular complexity index is 454. The highest BCUT2D eigenvalue weighted by Crippen LogP contribution is 2.46. The average molecular weight is 282 g/mol. The van der Waals surface area contributed by atoms with Gasteiger partial charge in [-0.15, -0.1) is 0 Å². The first-order chi connectivity index (χ1) is 9.14. The summed E-state index contributed by atoms with van der Waals surface area (Å²) in [7, 11) is 0. The molecule has 2 nitrogen and oxygen atoms in total. The lowest BCUT2D eigenvalue weighted by molar-refractivity contribution is 0.133. The number of nitrogens with zero attached hydrogens (tertiary/aromatic N) is 1. The maximum atomic E-state index is 6.28. The van der Waals surface area contributed by atoms with E-state index in [0.29, 0.717) is 5.54 Å². The zero-order valence-corrected chi connectivity index (χ0v) is 13.2. The predicted octanol–water partition coefficient (Wildman–Crippen LogP) is 4.42. The molecule has 1 saturated carbocycles. The third-order valence-electron chi connectivity index (χ3n) is 3.99. The number of rotatable bonds is 1. The molecule has 0 radical (unpaired) electrons. The van der Waals surface area contributed by atoms with Crippen molar-refractivity contribution in [3.63, 3.8) is 0 Å². The Balaban J connectivity index is 0.000000637. The van der Waals surface area contributed by atoms with Crippen LogP contribution in [0.15, 0.2) is 12.1 Å². The van der Waals surface area contributed by atoms with Gasteiger partial charge in [-0.2, -0.15) is 0 Å². The lowest BCUT2D eigenvalue weighted by atomic mass is 10.1. The van der Waals surface area contributed by atoms with E-state index >= 15 is 0 Å². The molecule has 0 bridgehead atoms. The van der Waals surface area contributed by atoms with Crippen LogP contribution >= 0.6 is 11.6 Å². The molecule has 1 heterocycles. The number of halogens is 1. The summed E-state index contributed by atoms with van der Waals surface area (Å²) >= 11 is 6.28. The van der Waals surface area contributed by atoms with Crippen molar-refractivity contribution >= 4 is 11.6 Å². The van der Waals surface area contributed by atoms with Gasteiger partial charge in [0.1, 0.15) is 12.4 Å². The summed E-state index contributed by atoms with van der Waals surface area (Å²) in [5, 5.41) is 0.758. The van der Waals surface area contributed by atoms with Gasteiger partial charge in [0.25, 0.3) is 0 Å². The highest BCUT2D eigenvalue weighted by atomic mass is 35.5. The Morgan fingerprint density at radius 1 is 1.32 bits per heavy atom. The molecular formula is C16H24ClNO. The highest BCUT2D eigenvalue weighted by molar-refractivity contribution is 6.32. The van der Waals surface area contributed by atoms with Gasteiger partial charge < -0.3 is 4.74 Å². The second-order valence-electron chi connectivity index (χ2n) is 5.26. The molecule has 1 fully saturated rings. The fourth-order valence-corrected chi connectivity index (χ4v) is 3.15. The summed E-state index contributed by atoms with van der Waals surface area (Å²) in [6.07, 6.45) is 2.51. The molecule has 3 heteroatoms. The fraction of sp³-hybridized carbons (Fsp3) is 0.625. The van der Waals surface area contributed by atoms with Crippen LogP contribution in [0.4, 0.5) is 0 Å². The minimum absolute atomic E-state index is 0.297. The summed E-state index contributed by atoms with van der Waals surface area (Å²) in [4.78, 5) is 2.54. The molecule has 19 heavy (non-hydrogen) atoms. The zero-order chi connectivity index (χ0) is 14.0. The van der Waals surface area contributed by atoms with Gasteiger partial charge in [-0.1, -0.05) is 38.4 Å². The minimum Gasteiger partial charge on any atom is -0.490 e. The van der Waals surface area contributed by atoms with Crippen LogP contribution in [0, 0.1) is 6.92 Å². The number of hydrogen-bond acceptors (Lipinski definition) is 2. The number of ether oxygens (including phenoxy) is 1. The van der Waals surface area contributed by atoms with Gasteiger partial charge in [0.2, 0.25) is 0 Å². The first-order valence-corrected chi connectivity index (χ1v) is 7.69. The number of likely N-dealkylation sites (N-methyl/N-ethyl adjacent to an activating group) is 1. The molecule has 2 aliphatic rings. The predicted molar refractivity (Wildman–Crippen MR) is 81.1 cm³/mol. The second-order valence-corrected chi connectivity index (χ2v) is 5.67. The average Bonchev–Trinajstić information content (AvgIpc) is 3.19. The van der Waals surface area contributed by atoms with Crippen molar-refractivity contribution in [3.05, 3.63) is 28.3 Å². The van der Waals surface area contributed by atoms with Crippen molar-refractivity contribution in [1.29, 1.82) is 0 Å². The van der Waals surface area contributed by atoms with Crippen LogP contribution in [0.2, 0.25) is 5.02 Å². The van der Waals surface area contributed by atoms with E-state index in [1.165, 1.54) is 24.0 Å². The number of aryl methyl sites for hydroxylation is 1. The molecule has 3 rings (SSSR count). The Morgan fingerprint density at radius 3 is 2.58 bits per heavy atom. The normalized spacial score (nSPS) is 19.8. The van der Waals surface area contributed by atoms with Crippen molar-refractivity contribution in [2.24, 2.45) is 0 Å². The van der Waals surface area contributed by atoms with Gasteiger partial charge in [0.05, 0.1) is 10.6 Å². The molecule has 0 N–H and O–H groups in total. The molecule has 0 unspecified atom stereocenters. The zero-order valence-electron chi connectivity index (χ0n) is 12.4. The van der Waals surface area contributed by atoms with Crippen molar-refractivity contribution in [2.75, 3.05) is 13.2 Å². The van der Waals surface area contributed by atoms with Crippen molar-refractivity contribution in [2.45, 2.75) is 52.6 Å². The molecule has 1 aliphatic carbocycles. The standard InChI is InChI=1S/C14H18ClNO.C2H6/c1-3-16-8-11-6-10(2)7-12(15)13(11)17-9-14(16)4-5-14;1-2/h6-7H,3-5,8-9H2,1-2H3;1-2H3. The van der Waals surface area contributed by atoms with E-state index in [2.05, 4.69) is 24.8 Å². The smallest absolute Gasteiger partial charge is 0.142 e. The van der Waals surface area contributed by atoms with Gasteiger partial charge in [-0.25, -0.2) is 0 Å². The molecule has 0 atom stereocenters. The van der Waals surface area contributed by atoms with E-state index in [1.54, 1.807) is 0 Å². The Labute approximate surface area is 121 Å². The largest absolute Gasteiger partial charge is 0.490 e. The molecule has 0 aromatic heterocycles. The molecule has 1 aliphatic heterocycles. The molecule has 0 amide bonds. The van der Waals surface area contributed by atoms with Crippen molar-refractivity contribution in [1.82, 2.24) is 4.90 Å². The van der Waals surface area contributed by atoms with E-state index in [9.17, 15) is 0 Å². The SMILES string of the molecule is CC.CCN1Cc2cc(C)cc(Cl)c2OCC12CC2. The van der Waals surface area contributed by atoms with Crippen LogP contribution in [-0.4, -0.2) is 23.6 Å². The van der Waals surface area contributed by atoms with Gasteiger partial charge >= 0.3 is 0 Å². The number of hydrogen-bond donors (Lipinski definition) is 0. The summed E-state index contributed by atoms with van der Waals surface area (Å²) < 4.78 is 5.97. The summed E-state index contributed by atoms with van der Waals surface area (Å²) in [5.41, 5.74) is 2.74. The monoisotopic (exact) mass is 281 g/mol. The Morgan fingerprint density at radius 2 is 2.00 bits per heavy atom. The summed E-state index contributed by atoms with van der Waals surface area (Å²) in [6, 6.07) is 4.19. The maximum Gasteiger partial charge on any atom is 0.142 e. The topological polar surface area (TPSA) is 12.5 Å². The lowest BCUT2D eigenvalue weighted by Gasteiger charge is -2.27. The van der Waals surface area contributed by atoms with Crippen LogP contribution in [0.1, 0.15) is 44.7 Å². The number of benzene rings is 1. The van der Waals surface area contributed by atoms with E-state index in [1.807, 2.05) is 19.9 Å². The highest BCUT2D eigenvalue weighted by Gasteiger charge is 2.49. The van der Waals surface area contributed by atoms with E-state index in [4.69, 9.17) is 16.3 Å². The van der Waals surface area contributed by atoms with E-state index in [-0.39, 0.29) is 0 Å². The molecule has 106 valence electrons. The quantitative estimate of drug-likeness (QED) is 0.755. The minimum atomic E-state index is 0.297. The Kier molecular flexibility index (Phi) is 4.42. The van der Waals surface area contributed by atoms with Gasteiger partial charge in [0, 0.05) is 12.1 Å². The van der Waals surface area contributed by atoms with Gasteiger partial charge in [-0.3, -0.25) is 4.90 Å². The van der Waals surface area contributed by atoms with Crippen molar-refractivity contribution < 1.29 is 4.74 Å². The fourth-order valence-electron chi connectivity index (χ4n) is 2.80.